The minimum absolute atomic E-state index is 0.0887. The van der Waals surface area contributed by atoms with E-state index in [2.05, 4.69) is 16.3 Å². The molecule has 2 atom stereocenters. The molecular formula is C14H29N3O2S2. The van der Waals surface area contributed by atoms with Gasteiger partial charge >= 0.3 is 0 Å². The molecule has 0 aromatic heterocycles. The first-order valence-corrected chi connectivity index (χ1v) is 10.8. The summed E-state index contributed by atoms with van der Waals surface area (Å²) in [4.78, 5) is 0. The zero-order valence-electron chi connectivity index (χ0n) is 13.2. The smallest absolute Gasteiger partial charge is 0.279 e. The van der Waals surface area contributed by atoms with Crippen molar-refractivity contribution in [2.24, 2.45) is 0 Å². The van der Waals surface area contributed by atoms with Crippen LogP contribution in [0.5, 0.6) is 0 Å². The van der Waals surface area contributed by atoms with E-state index in [1.807, 2.05) is 0 Å². The highest BCUT2D eigenvalue weighted by Gasteiger charge is 2.30. The molecule has 0 radical (unpaired) electrons. The van der Waals surface area contributed by atoms with E-state index in [1.54, 1.807) is 18.8 Å². The fourth-order valence-corrected chi connectivity index (χ4v) is 5.05. The summed E-state index contributed by atoms with van der Waals surface area (Å²) in [6, 6.07) is 0.778. The maximum Gasteiger partial charge on any atom is 0.279 e. The molecule has 0 bridgehead atoms. The molecular weight excluding hydrogens is 306 g/mol. The van der Waals surface area contributed by atoms with Gasteiger partial charge in [0.25, 0.3) is 10.2 Å². The highest BCUT2D eigenvalue weighted by molar-refractivity contribution is 7.99. The van der Waals surface area contributed by atoms with Crippen LogP contribution < -0.4 is 10.0 Å². The van der Waals surface area contributed by atoms with E-state index in [-0.39, 0.29) is 6.04 Å². The predicted octanol–water partition coefficient (Wildman–Crippen LogP) is 1.57. The Balaban J connectivity index is 1.75. The molecule has 0 heterocycles. The highest BCUT2D eigenvalue weighted by atomic mass is 32.2. The molecule has 0 aromatic rings. The molecule has 0 aromatic carbocycles. The molecule has 2 fully saturated rings. The van der Waals surface area contributed by atoms with Crippen molar-refractivity contribution in [2.75, 3.05) is 26.4 Å². The van der Waals surface area contributed by atoms with E-state index < -0.39 is 10.2 Å². The molecule has 2 aliphatic carbocycles. The third-order valence-electron chi connectivity index (χ3n) is 4.38. The third kappa shape index (κ3) is 5.71. The molecule has 7 heteroatoms. The lowest BCUT2D eigenvalue weighted by molar-refractivity contribution is 0.395. The predicted molar refractivity (Wildman–Crippen MR) is 89.9 cm³/mol. The van der Waals surface area contributed by atoms with Gasteiger partial charge in [-0.1, -0.05) is 12.8 Å². The van der Waals surface area contributed by atoms with Crippen molar-refractivity contribution in [2.45, 2.75) is 62.3 Å². The summed E-state index contributed by atoms with van der Waals surface area (Å²) in [6.45, 7) is 1.48. The van der Waals surface area contributed by atoms with Crippen molar-refractivity contribution in [3.8, 4) is 0 Å². The Morgan fingerprint density at radius 1 is 1.19 bits per heavy atom. The molecule has 2 aliphatic rings. The number of thioether (sulfide) groups is 1. The molecule has 21 heavy (non-hydrogen) atoms. The van der Waals surface area contributed by atoms with Gasteiger partial charge in [0.15, 0.2) is 0 Å². The Labute approximate surface area is 133 Å². The maximum atomic E-state index is 12.4. The molecule has 0 spiro atoms. The average molecular weight is 336 g/mol. The number of nitrogens with one attached hydrogen (secondary N) is 2. The second kappa shape index (κ2) is 8.15. The fourth-order valence-electron chi connectivity index (χ4n) is 2.81. The van der Waals surface area contributed by atoms with Crippen molar-refractivity contribution in [1.29, 1.82) is 0 Å². The number of nitrogens with zero attached hydrogens (tertiary/aromatic N) is 1. The molecule has 0 amide bonds. The first-order valence-electron chi connectivity index (χ1n) is 8.02. The number of rotatable bonds is 9. The third-order valence-corrected chi connectivity index (χ3v) is 7.15. The van der Waals surface area contributed by atoms with Crippen LogP contribution in [0.25, 0.3) is 0 Å². The molecule has 5 nitrogen and oxygen atoms in total. The molecule has 0 saturated heterocycles. The van der Waals surface area contributed by atoms with Crippen LogP contribution in [0.2, 0.25) is 0 Å². The zero-order chi connectivity index (χ0) is 15.3. The van der Waals surface area contributed by atoms with Gasteiger partial charge in [-0.05, 0) is 44.9 Å². The Bertz CT molecular complexity index is 412. The Morgan fingerprint density at radius 2 is 1.90 bits per heavy atom. The average Bonchev–Trinajstić information content (AvgIpc) is 3.27. The minimum atomic E-state index is -3.35. The maximum absolute atomic E-state index is 12.4. The highest BCUT2D eigenvalue weighted by Crippen LogP contribution is 2.27. The van der Waals surface area contributed by atoms with Crippen LogP contribution in [-0.2, 0) is 10.2 Å². The first kappa shape index (κ1) is 17.5. The lowest BCUT2D eigenvalue weighted by Crippen LogP contribution is -2.49. The van der Waals surface area contributed by atoms with Crippen molar-refractivity contribution in [3.63, 3.8) is 0 Å². The summed E-state index contributed by atoms with van der Waals surface area (Å²) in [5.41, 5.74) is 0. The van der Waals surface area contributed by atoms with Gasteiger partial charge in [-0.15, -0.1) is 0 Å². The molecule has 2 rings (SSSR count). The largest absolute Gasteiger partial charge is 0.314 e. The van der Waals surface area contributed by atoms with Crippen LogP contribution >= 0.6 is 11.8 Å². The van der Waals surface area contributed by atoms with E-state index in [0.29, 0.717) is 17.8 Å². The Hall–Kier alpha value is 0.180. The van der Waals surface area contributed by atoms with E-state index >= 15 is 0 Å². The topological polar surface area (TPSA) is 61.4 Å². The van der Waals surface area contributed by atoms with E-state index in [9.17, 15) is 8.42 Å². The van der Waals surface area contributed by atoms with Gasteiger partial charge in [-0.2, -0.15) is 29.2 Å². The molecule has 124 valence electrons. The van der Waals surface area contributed by atoms with Crippen molar-refractivity contribution >= 4 is 22.0 Å². The fraction of sp³-hybridized carbons (Fsp3) is 1.00. The van der Waals surface area contributed by atoms with Crippen molar-refractivity contribution in [1.82, 2.24) is 14.3 Å². The molecule has 2 saturated carbocycles. The van der Waals surface area contributed by atoms with Gasteiger partial charge in [0.2, 0.25) is 0 Å². The van der Waals surface area contributed by atoms with Gasteiger partial charge in [-0.3, -0.25) is 0 Å². The van der Waals surface area contributed by atoms with E-state index in [4.69, 9.17) is 0 Å². The molecule has 0 aliphatic heterocycles. The molecule has 2 N–H and O–H groups in total. The second-order valence-electron chi connectivity index (χ2n) is 6.19. The summed E-state index contributed by atoms with van der Waals surface area (Å²) in [5, 5.41) is 3.83. The molecule has 2 unspecified atom stereocenters. The van der Waals surface area contributed by atoms with Crippen LogP contribution in [0.4, 0.5) is 0 Å². The summed E-state index contributed by atoms with van der Waals surface area (Å²) in [5.74, 6) is 0. The summed E-state index contributed by atoms with van der Waals surface area (Å²) in [7, 11) is -1.67. The normalized spacial score (nSPS) is 27.2. The van der Waals surface area contributed by atoms with E-state index in [0.717, 1.165) is 32.2 Å². The monoisotopic (exact) mass is 335 g/mol. The summed E-state index contributed by atoms with van der Waals surface area (Å²) in [6.07, 6.45) is 9.90. The lowest BCUT2D eigenvalue weighted by atomic mass is 9.96. The van der Waals surface area contributed by atoms with Crippen molar-refractivity contribution < 1.29 is 8.42 Å². The van der Waals surface area contributed by atoms with Gasteiger partial charge in [0, 0.05) is 30.9 Å². The lowest BCUT2D eigenvalue weighted by Gasteiger charge is -2.32. The summed E-state index contributed by atoms with van der Waals surface area (Å²) < 4.78 is 29.2. The summed E-state index contributed by atoms with van der Waals surface area (Å²) >= 11 is 1.78. The van der Waals surface area contributed by atoms with Crippen LogP contribution in [0.1, 0.15) is 44.9 Å². The minimum Gasteiger partial charge on any atom is -0.314 e. The first-order chi connectivity index (χ1) is 10.0. The van der Waals surface area contributed by atoms with Crippen LogP contribution in [0.15, 0.2) is 0 Å². The van der Waals surface area contributed by atoms with Crippen molar-refractivity contribution in [3.05, 3.63) is 0 Å². The van der Waals surface area contributed by atoms with Gasteiger partial charge in [0.1, 0.15) is 0 Å². The SMILES string of the molecule is CSC1CCCCC1NS(=O)(=O)N(C)CCCNC1CC1. The Morgan fingerprint density at radius 3 is 2.57 bits per heavy atom. The zero-order valence-corrected chi connectivity index (χ0v) is 14.8. The van der Waals surface area contributed by atoms with E-state index in [1.165, 1.54) is 23.6 Å². The van der Waals surface area contributed by atoms with Gasteiger partial charge in [0.05, 0.1) is 0 Å². The quantitative estimate of drug-likeness (QED) is 0.628. The number of hydrogen-bond acceptors (Lipinski definition) is 4. The van der Waals surface area contributed by atoms with Crippen LogP contribution in [-0.4, -0.2) is 56.4 Å². The van der Waals surface area contributed by atoms with Crippen LogP contribution in [0, 0.1) is 0 Å². The van der Waals surface area contributed by atoms with Gasteiger partial charge < -0.3 is 5.32 Å². The standard InChI is InChI=1S/C14H29N3O2S2/c1-17(11-5-10-15-12-8-9-12)21(18,19)16-13-6-3-4-7-14(13)20-2/h12-16H,3-11H2,1-2H3. The Kier molecular flexibility index (Phi) is 6.80. The van der Waals surface area contributed by atoms with Gasteiger partial charge in [-0.25, -0.2) is 0 Å². The second-order valence-corrected chi connectivity index (χ2v) is 9.08. The number of hydrogen-bond donors (Lipinski definition) is 2. The van der Waals surface area contributed by atoms with Crippen LogP contribution in [0.3, 0.4) is 0 Å².